The van der Waals surface area contributed by atoms with Crippen LogP contribution >= 0.6 is 0 Å². The van der Waals surface area contributed by atoms with Crippen molar-refractivity contribution in [3.8, 4) is 0 Å². The molecule has 1 saturated heterocycles. The van der Waals surface area contributed by atoms with Crippen LogP contribution < -0.4 is 15.5 Å². The maximum atomic E-state index is 11.9. The number of benzene rings is 1. The predicted molar refractivity (Wildman–Crippen MR) is 88.6 cm³/mol. The fourth-order valence-electron chi connectivity index (χ4n) is 2.58. The zero-order valence-electron chi connectivity index (χ0n) is 13.9. The molecule has 0 saturated carbocycles. The quantitative estimate of drug-likeness (QED) is 0.514. The molecule has 6 nitrogen and oxygen atoms in total. The number of hydrogen-bond acceptors (Lipinski definition) is 3. The highest BCUT2D eigenvalue weighted by molar-refractivity contribution is 6.39. The first-order valence-corrected chi connectivity index (χ1v) is 8.14. The second-order valence-corrected chi connectivity index (χ2v) is 5.99. The van der Waals surface area contributed by atoms with Crippen molar-refractivity contribution in [2.24, 2.45) is 0 Å². The molecule has 0 aliphatic carbocycles. The van der Waals surface area contributed by atoms with E-state index in [0.29, 0.717) is 12.2 Å². The number of carbonyl (C=O) groups excluding carboxylic acids is 2. The van der Waals surface area contributed by atoms with E-state index in [4.69, 9.17) is 4.74 Å². The zero-order valence-corrected chi connectivity index (χ0v) is 13.9. The number of amides is 2. The summed E-state index contributed by atoms with van der Waals surface area (Å²) in [5.41, 5.74) is 2.66. The zero-order chi connectivity index (χ0) is 16.7. The number of rotatable bonds is 5. The van der Waals surface area contributed by atoms with Gasteiger partial charge in [0.1, 0.15) is 13.1 Å². The van der Waals surface area contributed by atoms with Crippen LogP contribution in [0.3, 0.4) is 0 Å². The van der Waals surface area contributed by atoms with Gasteiger partial charge in [0.15, 0.2) is 0 Å². The maximum absolute atomic E-state index is 11.9. The Morgan fingerprint density at radius 3 is 2.65 bits per heavy atom. The van der Waals surface area contributed by atoms with E-state index >= 15 is 0 Å². The molecule has 1 aliphatic rings. The molecule has 3 N–H and O–H groups in total. The van der Waals surface area contributed by atoms with Crippen LogP contribution in [0.5, 0.6) is 0 Å². The summed E-state index contributed by atoms with van der Waals surface area (Å²) < 4.78 is 5.31. The van der Waals surface area contributed by atoms with Gasteiger partial charge in [0, 0.05) is 18.7 Å². The monoisotopic (exact) mass is 320 g/mol. The van der Waals surface area contributed by atoms with Crippen LogP contribution in [0.15, 0.2) is 18.2 Å². The van der Waals surface area contributed by atoms with E-state index in [1.54, 1.807) is 0 Å². The maximum Gasteiger partial charge on any atom is 0.313 e. The fraction of sp³-hybridized carbons (Fsp3) is 0.529. The third-order valence-electron chi connectivity index (χ3n) is 4.04. The van der Waals surface area contributed by atoms with E-state index in [1.165, 1.54) is 4.90 Å². The smallest absolute Gasteiger partial charge is 0.313 e. The van der Waals surface area contributed by atoms with Gasteiger partial charge in [-0.25, -0.2) is 0 Å². The normalized spacial score (nSPS) is 15.2. The Balaban J connectivity index is 1.70. The molecule has 1 aliphatic heterocycles. The molecule has 1 aromatic carbocycles. The van der Waals surface area contributed by atoms with Crippen molar-refractivity contribution in [3.05, 3.63) is 29.3 Å². The first kappa shape index (κ1) is 17.4. The van der Waals surface area contributed by atoms with Gasteiger partial charge >= 0.3 is 11.8 Å². The number of quaternary nitrogens is 1. The molecule has 0 bridgehead atoms. The molecule has 1 heterocycles. The van der Waals surface area contributed by atoms with Gasteiger partial charge in [-0.2, -0.15) is 0 Å². The van der Waals surface area contributed by atoms with Gasteiger partial charge in [-0.1, -0.05) is 12.1 Å². The van der Waals surface area contributed by atoms with Crippen LogP contribution in [-0.2, 0) is 14.3 Å². The summed E-state index contributed by atoms with van der Waals surface area (Å²) in [5, 5.41) is 5.35. The molecule has 0 spiro atoms. The lowest BCUT2D eigenvalue weighted by molar-refractivity contribution is -0.908. The lowest BCUT2D eigenvalue weighted by Gasteiger charge is -2.23. The summed E-state index contributed by atoms with van der Waals surface area (Å²) in [6.07, 6.45) is 0.859. The number of anilines is 1. The third-order valence-corrected chi connectivity index (χ3v) is 4.04. The second kappa shape index (κ2) is 8.64. The molecule has 1 aromatic rings. The Kier molecular flexibility index (Phi) is 6.55. The number of nitrogens with one attached hydrogen (secondary N) is 3. The summed E-state index contributed by atoms with van der Waals surface area (Å²) in [4.78, 5) is 25.3. The lowest BCUT2D eigenvalue weighted by atomic mass is 10.1. The van der Waals surface area contributed by atoms with Crippen molar-refractivity contribution < 1.29 is 19.2 Å². The molecule has 6 heteroatoms. The average molecular weight is 320 g/mol. The molecule has 2 rings (SSSR count). The minimum atomic E-state index is -0.614. The number of aryl methyl sites for hydroxylation is 2. The van der Waals surface area contributed by atoms with Crippen molar-refractivity contribution in [1.82, 2.24) is 5.32 Å². The van der Waals surface area contributed by atoms with Crippen LogP contribution in [0.1, 0.15) is 17.5 Å². The molecule has 126 valence electrons. The number of carbonyl (C=O) groups is 2. The van der Waals surface area contributed by atoms with Gasteiger partial charge in [-0.3, -0.25) is 9.59 Å². The largest absolute Gasteiger partial charge is 0.370 e. The topological polar surface area (TPSA) is 71.9 Å². The first-order valence-electron chi connectivity index (χ1n) is 8.14. The summed E-state index contributed by atoms with van der Waals surface area (Å²) in [7, 11) is 0. The van der Waals surface area contributed by atoms with E-state index in [0.717, 1.165) is 50.4 Å². The Bertz CT molecular complexity index is 554. The van der Waals surface area contributed by atoms with Gasteiger partial charge in [0.2, 0.25) is 0 Å². The molecular formula is C17H26N3O3+. The van der Waals surface area contributed by atoms with Crippen molar-refractivity contribution in [3.63, 3.8) is 0 Å². The minimum Gasteiger partial charge on any atom is -0.370 e. The average Bonchev–Trinajstić information content (AvgIpc) is 2.55. The van der Waals surface area contributed by atoms with Gasteiger partial charge in [-0.05, 0) is 31.0 Å². The summed E-state index contributed by atoms with van der Waals surface area (Å²) in [6, 6.07) is 5.76. The molecule has 0 unspecified atom stereocenters. The van der Waals surface area contributed by atoms with Crippen LogP contribution in [-0.4, -0.2) is 51.2 Å². The van der Waals surface area contributed by atoms with Crippen LogP contribution in [0.4, 0.5) is 5.69 Å². The molecule has 0 radical (unpaired) electrons. The van der Waals surface area contributed by atoms with Gasteiger partial charge < -0.3 is 20.3 Å². The van der Waals surface area contributed by atoms with Crippen molar-refractivity contribution in [1.29, 1.82) is 0 Å². The Morgan fingerprint density at radius 1 is 1.17 bits per heavy atom. The van der Waals surface area contributed by atoms with E-state index in [2.05, 4.69) is 10.6 Å². The highest BCUT2D eigenvalue weighted by atomic mass is 16.5. The molecule has 2 amide bonds. The van der Waals surface area contributed by atoms with Crippen LogP contribution in [0.2, 0.25) is 0 Å². The van der Waals surface area contributed by atoms with E-state index in [1.807, 2.05) is 32.0 Å². The third kappa shape index (κ3) is 5.65. The highest BCUT2D eigenvalue weighted by Crippen LogP contribution is 2.15. The lowest BCUT2D eigenvalue weighted by Crippen LogP contribution is -3.14. The Hall–Kier alpha value is -1.92. The van der Waals surface area contributed by atoms with E-state index in [9.17, 15) is 9.59 Å². The Labute approximate surface area is 137 Å². The molecule has 1 fully saturated rings. The fourth-order valence-corrected chi connectivity index (χ4v) is 2.58. The summed E-state index contributed by atoms with van der Waals surface area (Å²) >= 11 is 0. The number of morpholine rings is 1. The van der Waals surface area contributed by atoms with Crippen molar-refractivity contribution in [2.45, 2.75) is 20.3 Å². The number of hydrogen-bond donors (Lipinski definition) is 3. The van der Waals surface area contributed by atoms with Crippen LogP contribution in [0, 0.1) is 13.8 Å². The summed E-state index contributed by atoms with van der Waals surface area (Å²) in [6.45, 7) is 8.99. The van der Waals surface area contributed by atoms with Crippen molar-refractivity contribution >= 4 is 17.5 Å². The highest BCUT2D eigenvalue weighted by Gasteiger charge is 2.16. The van der Waals surface area contributed by atoms with Crippen LogP contribution in [0.25, 0.3) is 0 Å². The van der Waals surface area contributed by atoms with Gasteiger partial charge in [0.05, 0.1) is 19.8 Å². The standard InChI is InChI=1S/C17H25N3O3/c1-13-4-5-14(2)15(12-13)19-17(22)16(21)18-6-3-7-20-8-10-23-11-9-20/h4-5,12H,3,6-11H2,1-2H3,(H,18,21)(H,19,22)/p+1. The molecule has 23 heavy (non-hydrogen) atoms. The van der Waals surface area contributed by atoms with E-state index < -0.39 is 11.8 Å². The summed E-state index contributed by atoms with van der Waals surface area (Å²) in [5.74, 6) is -1.19. The van der Waals surface area contributed by atoms with Gasteiger partial charge in [0.25, 0.3) is 0 Å². The molecule has 0 aromatic heterocycles. The predicted octanol–water partition coefficient (Wildman–Crippen LogP) is -0.337. The van der Waals surface area contributed by atoms with E-state index in [-0.39, 0.29) is 0 Å². The Morgan fingerprint density at radius 2 is 1.91 bits per heavy atom. The van der Waals surface area contributed by atoms with Gasteiger partial charge in [-0.15, -0.1) is 0 Å². The second-order valence-electron chi connectivity index (χ2n) is 5.99. The first-order chi connectivity index (χ1) is 11.1. The van der Waals surface area contributed by atoms with Crippen molar-refractivity contribution in [2.75, 3.05) is 44.7 Å². The minimum absolute atomic E-state index is 0.517. The molecular weight excluding hydrogens is 294 g/mol. The number of ether oxygens (including phenoxy) is 1. The SMILES string of the molecule is Cc1ccc(C)c(NC(=O)C(=O)NCCC[NH+]2CCOCC2)c1. The molecule has 0 atom stereocenters.